The van der Waals surface area contributed by atoms with E-state index in [2.05, 4.69) is 10.3 Å². The number of hydrogen-bond donors (Lipinski definition) is 1. The Bertz CT molecular complexity index is 988. The van der Waals surface area contributed by atoms with Gasteiger partial charge in [0, 0.05) is 10.4 Å². The molecule has 1 amide bonds. The van der Waals surface area contributed by atoms with Gasteiger partial charge in [-0.25, -0.2) is 9.37 Å². The summed E-state index contributed by atoms with van der Waals surface area (Å²) in [6.45, 7) is 2.00. The summed E-state index contributed by atoms with van der Waals surface area (Å²) >= 11 is 7.08. The number of nitrogens with zero attached hydrogens (tertiary/aromatic N) is 1. The zero-order valence-corrected chi connectivity index (χ0v) is 16.4. The first kappa shape index (κ1) is 20.0. The monoisotopic (exact) mass is 418 g/mol. The Labute approximate surface area is 170 Å². The summed E-state index contributed by atoms with van der Waals surface area (Å²) in [6, 6.07) is 13.3. The van der Waals surface area contributed by atoms with Crippen molar-refractivity contribution >= 4 is 39.9 Å². The number of carbonyl (C=O) groups is 2. The number of halogens is 2. The van der Waals surface area contributed by atoms with Crippen molar-refractivity contribution in [2.24, 2.45) is 0 Å². The Balaban J connectivity index is 1.92. The average molecular weight is 419 g/mol. The van der Waals surface area contributed by atoms with E-state index < -0.39 is 17.7 Å². The fourth-order valence-electron chi connectivity index (χ4n) is 2.56. The van der Waals surface area contributed by atoms with Crippen LogP contribution < -0.4 is 5.32 Å². The molecule has 2 aromatic carbocycles. The van der Waals surface area contributed by atoms with Crippen molar-refractivity contribution in [2.45, 2.75) is 13.3 Å². The van der Waals surface area contributed by atoms with Crippen molar-refractivity contribution in [1.29, 1.82) is 0 Å². The SMILES string of the molecule is CCOC(=O)Cc1sc(NC(=O)c2c(F)cccc2Cl)nc1-c1ccccc1. The molecule has 5 nitrogen and oxygen atoms in total. The van der Waals surface area contributed by atoms with Gasteiger partial charge in [-0.3, -0.25) is 14.9 Å². The maximum Gasteiger partial charge on any atom is 0.311 e. The maximum atomic E-state index is 14.0. The number of nitrogens with one attached hydrogen (secondary N) is 1. The van der Waals surface area contributed by atoms with Crippen LogP contribution in [-0.2, 0) is 16.0 Å². The van der Waals surface area contributed by atoms with Gasteiger partial charge in [0.05, 0.1) is 29.3 Å². The Hall–Kier alpha value is -2.77. The minimum atomic E-state index is -0.725. The highest BCUT2D eigenvalue weighted by molar-refractivity contribution is 7.16. The standard InChI is InChI=1S/C20H16ClFN2O3S/c1-2-27-16(25)11-15-18(12-7-4-3-5-8-12)23-20(28-15)24-19(26)17-13(21)9-6-10-14(17)22/h3-10H,2,11H2,1H3,(H,23,24,26). The van der Waals surface area contributed by atoms with Crippen LogP contribution in [0.4, 0.5) is 9.52 Å². The number of esters is 1. The molecule has 1 aromatic heterocycles. The second-order valence-corrected chi connectivity index (χ2v) is 7.18. The van der Waals surface area contributed by atoms with Gasteiger partial charge in [-0.05, 0) is 19.1 Å². The fourth-order valence-corrected chi connectivity index (χ4v) is 3.78. The van der Waals surface area contributed by atoms with E-state index in [1.807, 2.05) is 30.3 Å². The van der Waals surface area contributed by atoms with Gasteiger partial charge in [0.25, 0.3) is 5.91 Å². The molecule has 8 heteroatoms. The van der Waals surface area contributed by atoms with E-state index >= 15 is 0 Å². The third-order valence-electron chi connectivity index (χ3n) is 3.77. The molecule has 0 saturated carbocycles. The minimum Gasteiger partial charge on any atom is -0.466 e. The van der Waals surface area contributed by atoms with Gasteiger partial charge >= 0.3 is 5.97 Å². The molecule has 0 atom stereocenters. The van der Waals surface area contributed by atoms with Crippen LogP contribution in [0.5, 0.6) is 0 Å². The molecule has 3 aromatic rings. The largest absolute Gasteiger partial charge is 0.466 e. The van der Waals surface area contributed by atoms with Crippen molar-refractivity contribution in [3.63, 3.8) is 0 Å². The second kappa shape index (κ2) is 8.95. The second-order valence-electron chi connectivity index (χ2n) is 5.69. The van der Waals surface area contributed by atoms with Crippen LogP contribution in [0.2, 0.25) is 5.02 Å². The van der Waals surface area contributed by atoms with E-state index in [1.165, 1.54) is 12.1 Å². The van der Waals surface area contributed by atoms with Crippen LogP contribution in [0, 0.1) is 5.82 Å². The summed E-state index contributed by atoms with van der Waals surface area (Å²) in [4.78, 5) is 29.5. The highest BCUT2D eigenvalue weighted by Gasteiger charge is 2.21. The lowest BCUT2D eigenvalue weighted by Crippen LogP contribution is -2.14. The van der Waals surface area contributed by atoms with Crippen LogP contribution >= 0.6 is 22.9 Å². The number of benzene rings is 2. The van der Waals surface area contributed by atoms with Gasteiger partial charge in [-0.15, -0.1) is 11.3 Å². The number of carbonyl (C=O) groups excluding carboxylic acids is 2. The number of aromatic nitrogens is 1. The molecule has 1 N–H and O–H groups in total. The molecule has 0 aliphatic heterocycles. The number of anilines is 1. The van der Waals surface area contributed by atoms with Gasteiger partial charge < -0.3 is 4.74 Å². The van der Waals surface area contributed by atoms with Crippen molar-refractivity contribution < 1.29 is 18.7 Å². The number of ether oxygens (including phenoxy) is 1. The van der Waals surface area contributed by atoms with E-state index in [0.717, 1.165) is 23.0 Å². The third kappa shape index (κ3) is 4.55. The zero-order valence-electron chi connectivity index (χ0n) is 14.9. The average Bonchev–Trinajstić information content (AvgIpc) is 3.04. The summed E-state index contributed by atoms with van der Waals surface area (Å²) in [7, 11) is 0. The molecule has 0 radical (unpaired) electrons. The molecule has 1 heterocycles. The lowest BCUT2D eigenvalue weighted by atomic mass is 10.1. The summed E-state index contributed by atoms with van der Waals surface area (Å²) in [6.07, 6.45) is 0.0199. The first-order valence-corrected chi connectivity index (χ1v) is 9.65. The molecule has 0 bridgehead atoms. The van der Waals surface area contributed by atoms with E-state index in [1.54, 1.807) is 6.92 Å². The highest BCUT2D eigenvalue weighted by atomic mass is 35.5. The molecule has 3 rings (SSSR count). The smallest absolute Gasteiger partial charge is 0.311 e. The predicted molar refractivity (Wildman–Crippen MR) is 107 cm³/mol. The number of rotatable bonds is 6. The first-order chi connectivity index (χ1) is 13.5. The zero-order chi connectivity index (χ0) is 20.1. The van der Waals surface area contributed by atoms with Crippen molar-refractivity contribution in [3.8, 4) is 11.3 Å². The van der Waals surface area contributed by atoms with Crippen LogP contribution in [-0.4, -0.2) is 23.5 Å². The van der Waals surface area contributed by atoms with E-state index in [4.69, 9.17) is 16.3 Å². The molecule has 0 spiro atoms. The Morgan fingerprint density at radius 3 is 2.61 bits per heavy atom. The fraction of sp³-hybridized carbons (Fsp3) is 0.150. The summed E-state index contributed by atoms with van der Waals surface area (Å²) < 4.78 is 19.0. The molecule has 0 aliphatic carbocycles. The Kier molecular flexibility index (Phi) is 6.38. The number of hydrogen-bond acceptors (Lipinski definition) is 5. The lowest BCUT2D eigenvalue weighted by Gasteiger charge is -2.05. The van der Waals surface area contributed by atoms with Gasteiger partial charge in [0.1, 0.15) is 5.82 Å². The normalized spacial score (nSPS) is 10.5. The maximum absolute atomic E-state index is 14.0. The van der Waals surface area contributed by atoms with Crippen LogP contribution in [0.3, 0.4) is 0 Å². The quantitative estimate of drug-likeness (QED) is 0.574. The van der Waals surface area contributed by atoms with Gasteiger partial charge in [0.2, 0.25) is 0 Å². The third-order valence-corrected chi connectivity index (χ3v) is 5.05. The molecule has 0 unspecified atom stereocenters. The van der Waals surface area contributed by atoms with Gasteiger partial charge in [-0.1, -0.05) is 48.0 Å². The van der Waals surface area contributed by atoms with E-state index in [0.29, 0.717) is 10.6 Å². The molecule has 144 valence electrons. The molecule has 28 heavy (non-hydrogen) atoms. The van der Waals surface area contributed by atoms with Crippen molar-refractivity contribution in [2.75, 3.05) is 11.9 Å². The molecule has 0 fully saturated rings. The van der Waals surface area contributed by atoms with Crippen LogP contribution in [0.1, 0.15) is 22.2 Å². The number of thiazole rings is 1. The predicted octanol–water partition coefficient (Wildman–Crippen LogP) is 4.96. The van der Waals surface area contributed by atoms with Gasteiger partial charge in [0.15, 0.2) is 5.13 Å². The van der Waals surface area contributed by atoms with E-state index in [-0.39, 0.29) is 28.7 Å². The minimum absolute atomic E-state index is 0.00378. The van der Waals surface area contributed by atoms with E-state index in [9.17, 15) is 14.0 Å². The number of amides is 1. The van der Waals surface area contributed by atoms with Crippen molar-refractivity contribution in [3.05, 3.63) is 69.8 Å². The molecule has 0 aliphatic rings. The Morgan fingerprint density at radius 2 is 1.93 bits per heavy atom. The molecular weight excluding hydrogens is 403 g/mol. The van der Waals surface area contributed by atoms with Crippen LogP contribution in [0.25, 0.3) is 11.3 Å². The topological polar surface area (TPSA) is 68.3 Å². The lowest BCUT2D eigenvalue weighted by molar-refractivity contribution is -0.142. The summed E-state index contributed by atoms with van der Waals surface area (Å²) in [5, 5.41) is 2.81. The summed E-state index contributed by atoms with van der Waals surface area (Å²) in [5.74, 6) is -1.82. The summed E-state index contributed by atoms with van der Waals surface area (Å²) in [5.41, 5.74) is 1.10. The van der Waals surface area contributed by atoms with Crippen LogP contribution in [0.15, 0.2) is 48.5 Å². The van der Waals surface area contributed by atoms with Gasteiger partial charge in [-0.2, -0.15) is 0 Å². The van der Waals surface area contributed by atoms with Crippen molar-refractivity contribution in [1.82, 2.24) is 4.98 Å². The first-order valence-electron chi connectivity index (χ1n) is 8.45. The highest BCUT2D eigenvalue weighted by Crippen LogP contribution is 2.32. The molecular formula is C20H16ClFN2O3S. The Morgan fingerprint density at radius 1 is 1.18 bits per heavy atom. The molecule has 0 saturated heterocycles.